The van der Waals surface area contributed by atoms with Crippen molar-refractivity contribution in [3.63, 3.8) is 0 Å². The second-order valence-corrected chi connectivity index (χ2v) is 5.17. The van der Waals surface area contributed by atoms with E-state index in [-0.39, 0.29) is 11.7 Å². The minimum absolute atomic E-state index is 0.234. The predicted molar refractivity (Wildman–Crippen MR) is 65.1 cm³/mol. The summed E-state index contributed by atoms with van der Waals surface area (Å²) in [7, 11) is 1.33. The Morgan fingerprint density at radius 3 is 2.83 bits per heavy atom. The molecule has 1 aliphatic heterocycles. The van der Waals surface area contributed by atoms with Crippen molar-refractivity contribution in [2.45, 2.75) is 26.0 Å². The summed E-state index contributed by atoms with van der Waals surface area (Å²) in [6.07, 6.45) is 1.48. The lowest BCUT2D eigenvalue weighted by atomic mass is 9.83. The van der Waals surface area contributed by atoms with Crippen LogP contribution in [0.3, 0.4) is 0 Å². The summed E-state index contributed by atoms with van der Waals surface area (Å²) in [6.45, 7) is 5.85. The van der Waals surface area contributed by atoms with Crippen LogP contribution in [-0.4, -0.2) is 41.8 Å². The molecule has 1 fully saturated rings. The zero-order valence-corrected chi connectivity index (χ0v) is 11.0. The van der Waals surface area contributed by atoms with Gasteiger partial charge in [-0.25, -0.2) is 4.79 Å². The van der Waals surface area contributed by atoms with E-state index in [9.17, 15) is 9.90 Å². The monoisotopic (exact) mass is 253 g/mol. The largest absolute Gasteiger partial charge is 0.463 e. The van der Waals surface area contributed by atoms with Crippen LogP contribution in [0.4, 0.5) is 0 Å². The van der Waals surface area contributed by atoms with Crippen LogP contribution in [0.1, 0.15) is 30.0 Å². The molecule has 0 spiro atoms. The van der Waals surface area contributed by atoms with E-state index in [2.05, 4.69) is 9.64 Å². The van der Waals surface area contributed by atoms with E-state index in [1.807, 2.05) is 13.8 Å². The van der Waals surface area contributed by atoms with Crippen LogP contribution in [-0.2, 0) is 11.3 Å². The molecule has 1 aliphatic rings. The molecule has 0 saturated carbocycles. The number of likely N-dealkylation sites (tertiary alicyclic amines) is 1. The summed E-state index contributed by atoms with van der Waals surface area (Å²) in [5, 5.41) is 10.2. The lowest BCUT2D eigenvalue weighted by Crippen LogP contribution is -2.63. The number of carbonyl (C=O) groups excluding carboxylic acids is 1. The molecule has 1 aromatic rings. The molecule has 0 amide bonds. The van der Waals surface area contributed by atoms with E-state index >= 15 is 0 Å². The van der Waals surface area contributed by atoms with E-state index in [0.29, 0.717) is 19.6 Å². The Labute approximate surface area is 106 Å². The molecule has 0 bridgehead atoms. The standard InChI is InChI=1S/C13H19NO4/c1-9(2)13(16)7-14(8-13)6-10-4-5-18-11(10)12(15)17-3/h4-5,9,16H,6-8H2,1-3H3. The summed E-state index contributed by atoms with van der Waals surface area (Å²) >= 11 is 0. The van der Waals surface area contributed by atoms with Crippen molar-refractivity contribution in [1.82, 2.24) is 4.90 Å². The predicted octanol–water partition coefficient (Wildman–Crippen LogP) is 1.27. The maximum absolute atomic E-state index is 11.4. The van der Waals surface area contributed by atoms with Crippen molar-refractivity contribution in [3.8, 4) is 0 Å². The smallest absolute Gasteiger partial charge is 0.374 e. The Morgan fingerprint density at radius 1 is 1.61 bits per heavy atom. The Kier molecular flexibility index (Phi) is 3.45. The van der Waals surface area contributed by atoms with Crippen LogP contribution in [0.2, 0.25) is 0 Å². The highest BCUT2D eigenvalue weighted by Gasteiger charge is 2.43. The first-order valence-electron chi connectivity index (χ1n) is 6.05. The highest BCUT2D eigenvalue weighted by molar-refractivity contribution is 5.87. The first kappa shape index (κ1) is 13.1. The number of methoxy groups -OCH3 is 1. The van der Waals surface area contributed by atoms with Crippen molar-refractivity contribution in [1.29, 1.82) is 0 Å². The fourth-order valence-electron chi connectivity index (χ4n) is 2.18. The van der Waals surface area contributed by atoms with Crippen molar-refractivity contribution >= 4 is 5.97 Å². The van der Waals surface area contributed by atoms with E-state index in [1.54, 1.807) is 6.07 Å². The van der Waals surface area contributed by atoms with Crippen molar-refractivity contribution in [2.75, 3.05) is 20.2 Å². The Bertz CT molecular complexity index is 432. The SMILES string of the molecule is COC(=O)c1occc1CN1CC(O)(C(C)C)C1. The van der Waals surface area contributed by atoms with Gasteiger partial charge in [0.05, 0.1) is 19.0 Å². The van der Waals surface area contributed by atoms with Crippen LogP contribution in [0.5, 0.6) is 0 Å². The Hall–Kier alpha value is -1.33. The lowest BCUT2D eigenvalue weighted by molar-refractivity contribution is -0.130. The zero-order chi connectivity index (χ0) is 13.3. The molecule has 1 aromatic heterocycles. The summed E-state index contributed by atoms with van der Waals surface area (Å²) in [4.78, 5) is 13.5. The van der Waals surface area contributed by atoms with Gasteiger partial charge in [0.25, 0.3) is 0 Å². The maximum atomic E-state index is 11.4. The number of esters is 1. The zero-order valence-electron chi connectivity index (χ0n) is 11.0. The average Bonchev–Trinajstić information content (AvgIpc) is 2.73. The third-order valence-electron chi connectivity index (χ3n) is 3.58. The third kappa shape index (κ3) is 2.28. The van der Waals surface area contributed by atoms with Gasteiger partial charge in [-0.2, -0.15) is 0 Å². The van der Waals surface area contributed by atoms with Gasteiger partial charge in [0.2, 0.25) is 5.76 Å². The van der Waals surface area contributed by atoms with Gasteiger partial charge in [-0.05, 0) is 12.0 Å². The van der Waals surface area contributed by atoms with Gasteiger partial charge >= 0.3 is 5.97 Å². The fourth-order valence-corrected chi connectivity index (χ4v) is 2.18. The van der Waals surface area contributed by atoms with E-state index in [1.165, 1.54) is 13.4 Å². The number of furan rings is 1. The van der Waals surface area contributed by atoms with E-state index < -0.39 is 11.6 Å². The number of carbonyl (C=O) groups is 1. The maximum Gasteiger partial charge on any atom is 0.374 e. The molecule has 1 saturated heterocycles. The lowest BCUT2D eigenvalue weighted by Gasteiger charge is -2.49. The molecule has 5 heteroatoms. The summed E-state index contributed by atoms with van der Waals surface area (Å²) in [5.74, 6) is 0.0188. The average molecular weight is 253 g/mol. The summed E-state index contributed by atoms with van der Waals surface area (Å²) in [6, 6.07) is 1.76. The first-order chi connectivity index (χ1) is 8.46. The van der Waals surface area contributed by atoms with Crippen LogP contribution in [0.15, 0.2) is 16.7 Å². The Balaban J connectivity index is 1.97. The molecule has 0 aromatic carbocycles. The highest BCUT2D eigenvalue weighted by Crippen LogP contribution is 2.30. The van der Waals surface area contributed by atoms with Gasteiger partial charge < -0.3 is 14.3 Å². The molecule has 0 atom stereocenters. The van der Waals surface area contributed by atoms with E-state index in [0.717, 1.165) is 5.56 Å². The van der Waals surface area contributed by atoms with Gasteiger partial charge in [0, 0.05) is 25.2 Å². The number of hydrogen-bond donors (Lipinski definition) is 1. The van der Waals surface area contributed by atoms with Crippen LogP contribution in [0, 0.1) is 5.92 Å². The number of nitrogens with zero attached hydrogens (tertiary/aromatic N) is 1. The topological polar surface area (TPSA) is 62.9 Å². The summed E-state index contributed by atoms with van der Waals surface area (Å²) in [5.41, 5.74) is 0.197. The number of hydrogen-bond acceptors (Lipinski definition) is 5. The normalized spacial score (nSPS) is 18.7. The van der Waals surface area contributed by atoms with Crippen molar-refractivity contribution in [3.05, 3.63) is 23.7 Å². The van der Waals surface area contributed by atoms with Crippen molar-refractivity contribution in [2.24, 2.45) is 5.92 Å². The minimum atomic E-state index is -0.602. The number of ether oxygens (including phenoxy) is 1. The number of aliphatic hydroxyl groups is 1. The number of β-amino-alcohol motifs (C(OH)–C–C–N with tert-alkyl or cyclic N) is 1. The quantitative estimate of drug-likeness (QED) is 0.819. The van der Waals surface area contributed by atoms with Crippen LogP contribution < -0.4 is 0 Å². The van der Waals surface area contributed by atoms with Crippen LogP contribution >= 0.6 is 0 Å². The molecular weight excluding hydrogens is 234 g/mol. The number of rotatable bonds is 4. The fraction of sp³-hybridized carbons (Fsp3) is 0.615. The van der Waals surface area contributed by atoms with Gasteiger partial charge in [-0.3, -0.25) is 4.90 Å². The first-order valence-corrected chi connectivity index (χ1v) is 6.05. The molecule has 0 aliphatic carbocycles. The third-order valence-corrected chi connectivity index (χ3v) is 3.58. The van der Waals surface area contributed by atoms with Gasteiger partial charge in [0.1, 0.15) is 0 Å². The molecular formula is C13H19NO4. The molecule has 2 heterocycles. The molecule has 1 N–H and O–H groups in total. The molecule has 0 radical (unpaired) electrons. The van der Waals surface area contributed by atoms with E-state index in [4.69, 9.17) is 4.42 Å². The van der Waals surface area contributed by atoms with Gasteiger partial charge in [0.15, 0.2) is 0 Å². The molecule has 2 rings (SSSR count). The Morgan fingerprint density at radius 2 is 2.28 bits per heavy atom. The second-order valence-electron chi connectivity index (χ2n) is 5.17. The molecule has 5 nitrogen and oxygen atoms in total. The summed E-state index contributed by atoms with van der Waals surface area (Å²) < 4.78 is 9.77. The molecule has 100 valence electrons. The second kappa shape index (κ2) is 4.74. The molecule has 18 heavy (non-hydrogen) atoms. The van der Waals surface area contributed by atoms with Gasteiger partial charge in [-0.1, -0.05) is 13.8 Å². The molecule has 0 unspecified atom stereocenters. The minimum Gasteiger partial charge on any atom is -0.463 e. The highest BCUT2D eigenvalue weighted by atomic mass is 16.5. The van der Waals surface area contributed by atoms with Crippen molar-refractivity contribution < 1.29 is 19.1 Å². The van der Waals surface area contributed by atoms with Gasteiger partial charge in [-0.15, -0.1) is 0 Å². The van der Waals surface area contributed by atoms with Crippen LogP contribution in [0.25, 0.3) is 0 Å².